The Balaban J connectivity index is 1.93. The minimum Gasteiger partial charge on any atom is -0.456 e. The average Bonchev–Trinajstić information content (AvgIpc) is 2.94. The van der Waals surface area contributed by atoms with Gasteiger partial charge in [0.15, 0.2) is 6.61 Å². The van der Waals surface area contributed by atoms with E-state index in [1.807, 2.05) is 18.4 Å². The second-order valence-corrected chi connectivity index (χ2v) is 6.85. The van der Waals surface area contributed by atoms with Gasteiger partial charge in [-0.2, -0.15) is 0 Å². The maximum absolute atomic E-state index is 12.4. The first-order chi connectivity index (χ1) is 13.2. The van der Waals surface area contributed by atoms with E-state index in [4.69, 9.17) is 16.3 Å². The number of carbonyl (C=O) groups excluding carboxylic acids is 3. The number of allylic oxidation sites excluding steroid dienone is 1. The molecule has 1 aromatic heterocycles. The zero-order valence-corrected chi connectivity index (χ0v) is 16.9. The van der Waals surface area contributed by atoms with E-state index < -0.39 is 24.5 Å². The predicted molar refractivity (Wildman–Crippen MR) is 108 cm³/mol. The maximum Gasteiger partial charge on any atom is 0.328 e. The SMILES string of the molecule is C=CCn1c(C)cc(C(=O)COC(=O)[C@H](C)NC(=O)c2ccc(Cl)cc2)c1C. The summed E-state index contributed by atoms with van der Waals surface area (Å²) in [7, 11) is 0. The number of aromatic nitrogens is 1. The van der Waals surface area contributed by atoms with E-state index in [0.717, 1.165) is 11.4 Å². The minimum absolute atomic E-state index is 0.298. The van der Waals surface area contributed by atoms with Gasteiger partial charge in [0.1, 0.15) is 6.04 Å². The average molecular weight is 403 g/mol. The Morgan fingerprint density at radius 1 is 1.25 bits per heavy atom. The van der Waals surface area contributed by atoms with Crippen LogP contribution in [0.1, 0.15) is 39.0 Å². The number of halogens is 1. The van der Waals surface area contributed by atoms with Gasteiger partial charge in [-0.3, -0.25) is 9.59 Å². The number of hydrogen-bond acceptors (Lipinski definition) is 4. The third kappa shape index (κ3) is 5.10. The number of esters is 1. The van der Waals surface area contributed by atoms with Crippen molar-refractivity contribution < 1.29 is 19.1 Å². The van der Waals surface area contributed by atoms with Crippen molar-refractivity contribution in [2.75, 3.05) is 6.61 Å². The van der Waals surface area contributed by atoms with E-state index in [2.05, 4.69) is 11.9 Å². The highest BCUT2D eigenvalue weighted by atomic mass is 35.5. The van der Waals surface area contributed by atoms with Gasteiger partial charge in [-0.15, -0.1) is 6.58 Å². The smallest absolute Gasteiger partial charge is 0.328 e. The fraction of sp³-hybridized carbons (Fsp3) is 0.286. The highest BCUT2D eigenvalue weighted by Gasteiger charge is 2.21. The molecule has 2 aromatic rings. The van der Waals surface area contributed by atoms with Crippen LogP contribution in [0, 0.1) is 13.8 Å². The third-order valence-corrected chi connectivity index (χ3v) is 4.59. The molecule has 0 saturated heterocycles. The summed E-state index contributed by atoms with van der Waals surface area (Å²) in [5.41, 5.74) is 2.60. The maximum atomic E-state index is 12.4. The molecule has 0 aliphatic heterocycles. The lowest BCUT2D eigenvalue weighted by Gasteiger charge is -2.13. The largest absolute Gasteiger partial charge is 0.456 e. The fourth-order valence-electron chi connectivity index (χ4n) is 2.77. The molecule has 1 amide bonds. The number of carbonyl (C=O) groups is 3. The van der Waals surface area contributed by atoms with Gasteiger partial charge in [0.2, 0.25) is 5.78 Å². The van der Waals surface area contributed by atoms with Crippen molar-refractivity contribution in [3.63, 3.8) is 0 Å². The van der Waals surface area contributed by atoms with Crippen LogP contribution in [0.25, 0.3) is 0 Å². The zero-order chi connectivity index (χ0) is 20.8. The molecule has 0 aliphatic rings. The standard InChI is InChI=1S/C21H23ClN2O4/c1-5-10-24-13(2)11-18(15(24)4)19(25)12-28-21(27)14(3)23-20(26)16-6-8-17(22)9-7-16/h5-9,11,14H,1,10,12H2,2-4H3,(H,23,26)/t14-/m0/s1. The Morgan fingerprint density at radius 3 is 2.50 bits per heavy atom. The molecule has 2 rings (SSSR count). The predicted octanol–water partition coefficient (Wildman–Crippen LogP) is 3.49. The Bertz CT molecular complexity index is 900. The number of Topliss-reactive ketones (excluding diaryl/α,β-unsaturated/α-hetero) is 1. The van der Waals surface area contributed by atoms with E-state index >= 15 is 0 Å². The lowest BCUT2D eigenvalue weighted by atomic mass is 10.1. The van der Waals surface area contributed by atoms with Gasteiger partial charge in [-0.05, 0) is 51.1 Å². The number of hydrogen-bond donors (Lipinski definition) is 1. The summed E-state index contributed by atoms with van der Waals surface area (Å²) in [6.45, 7) is 9.14. The molecular formula is C21H23ClN2O4. The summed E-state index contributed by atoms with van der Waals surface area (Å²) >= 11 is 5.79. The number of nitrogens with zero attached hydrogens (tertiary/aromatic N) is 1. The lowest BCUT2D eigenvalue weighted by Crippen LogP contribution is -2.40. The number of nitrogens with one attached hydrogen (secondary N) is 1. The molecule has 6 nitrogen and oxygen atoms in total. The van der Waals surface area contributed by atoms with E-state index in [1.54, 1.807) is 36.4 Å². The Kier molecular flexibility index (Phi) is 7.18. The van der Waals surface area contributed by atoms with Crippen molar-refractivity contribution in [1.82, 2.24) is 9.88 Å². The van der Waals surface area contributed by atoms with Crippen molar-refractivity contribution in [2.45, 2.75) is 33.4 Å². The number of rotatable bonds is 8. The molecule has 0 radical (unpaired) electrons. The molecule has 28 heavy (non-hydrogen) atoms. The van der Waals surface area contributed by atoms with Crippen LogP contribution in [0.2, 0.25) is 5.02 Å². The molecule has 1 N–H and O–H groups in total. The Morgan fingerprint density at radius 2 is 1.89 bits per heavy atom. The van der Waals surface area contributed by atoms with E-state index in [1.165, 1.54) is 6.92 Å². The molecule has 7 heteroatoms. The number of benzene rings is 1. The second-order valence-electron chi connectivity index (χ2n) is 6.42. The van der Waals surface area contributed by atoms with Crippen molar-refractivity contribution in [1.29, 1.82) is 0 Å². The van der Waals surface area contributed by atoms with Crippen molar-refractivity contribution in [3.05, 3.63) is 70.5 Å². The molecule has 0 fully saturated rings. The summed E-state index contributed by atoms with van der Waals surface area (Å²) in [6, 6.07) is 7.14. The van der Waals surface area contributed by atoms with Gasteiger partial charge in [0.05, 0.1) is 0 Å². The number of ether oxygens (including phenoxy) is 1. The number of aryl methyl sites for hydroxylation is 1. The van der Waals surface area contributed by atoms with Crippen LogP contribution in [-0.2, 0) is 16.1 Å². The van der Waals surface area contributed by atoms with E-state index in [0.29, 0.717) is 22.7 Å². The van der Waals surface area contributed by atoms with Crippen molar-refractivity contribution >= 4 is 29.3 Å². The van der Waals surface area contributed by atoms with Crippen molar-refractivity contribution in [3.8, 4) is 0 Å². The van der Waals surface area contributed by atoms with Crippen LogP contribution in [0.5, 0.6) is 0 Å². The summed E-state index contributed by atoms with van der Waals surface area (Å²) in [6.07, 6.45) is 1.75. The fourth-order valence-corrected chi connectivity index (χ4v) is 2.90. The third-order valence-electron chi connectivity index (χ3n) is 4.34. The highest BCUT2D eigenvalue weighted by Crippen LogP contribution is 2.16. The topological polar surface area (TPSA) is 77.4 Å². The Hall–Kier alpha value is -2.86. The first-order valence-electron chi connectivity index (χ1n) is 8.78. The minimum atomic E-state index is -0.899. The molecule has 1 heterocycles. The molecule has 148 valence electrons. The summed E-state index contributed by atoms with van der Waals surface area (Å²) in [5, 5.41) is 3.05. The van der Waals surface area contributed by atoms with E-state index in [9.17, 15) is 14.4 Å². The normalized spacial score (nSPS) is 11.6. The molecule has 1 atom stereocenters. The molecular weight excluding hydrogens is 380 g/mol. The quantitative estimate of drug-likeness (QED) is 0.416. The van der Waals surface area contributed by atoms with Gasteiger partial charge < -0.3 is 14.6 Å². The summed E-state index contributed by atoms with van der Waals surface area (Å²) in [5.74, 6) is -1.41. The summed E-state index contributed by atoms with van der Waals surface area (Å²) in [4.78, 5) is 36.7. The molecule has 0 spiro atoms. The first-order valence-corrected chi connectivity index (χ1v) is 9.16. The number of amides is 1. The van der Waals surface area contributed by atoms with Gasteiger partial charge >= 0.3 is 5.97 Å². The lowest BCUT2D eigenvalue weighted by molar-refractivity contribution is -0.144. The number of ketones is 1. The highest BCUT2D eigenvalue weighted by molar-refractivity contribution is 6.30. The van der Waals surface area contributed by atoms with Crippen molar-refractivity contribution in [2.24, 2.45) is 0 Å². The van der Waals surface area contributed by atoms with Gasteiger partial charge in [-0.1, -0.05) is 17.7 Å². The van der Waals surface area contributed by atoms with Gasteiger partial charge in [0, 0.05) is 34.1 Å². The van der Waals surface area contributed by atoms with Gasteiger partial charge in [0.25, 0.3) is 5.91 Å². The van der Waals surface area contributed by atoms with Crippen LogP contribution < -0.4 is 5.32 Å². The van der Waals surface area contributed by atoms with Crippen LogP contribution in [0.4, 0.5) is 0 Å². The Labute approximate surface area is 169 Å². The molecule has 0 bridgehead atoms. The first kappa shape index (κ1) is 21.4. The van der Waals surface area contributed by atoms with Crippen LogP contribution in [0.3, 0.4) is 0 Å². The summed E-state index contributed by atoms with van der Waals surface area (Å²) < 4.78 is 7.04. The van der Waals surface area contributed by atoms with Crippen LogP contribution in [-0.4, -0.2) is 34.9 Å². The van der Waals surface area contributed by atoms with Crippen LogP contribution in [0.15, 0.2) is 43.0 Å². The van der Waals surface area contributed by atoms with E-state index in [-0.39, 0.29) is 5.78 Å². The zero-order valence-electron chi connectivity index (χ0n) is 16.1. The monoisotopic (exact) mass is 402 g/mol. The molecule has 0 saturated carbocycles. The second kappa shape index (κ2) is 9.37. The molecule has 0 aliphatic carbocycles. The molecule has 0 unspecified atom stereocenters. The van der Waals surface area contributed by atoms with Gasteiger partial charge in [-0.25, -0.2) is 4.79 Å². The van der Waals surface area contributed by atoms with Crippen LogP contribution >= 0.6 is 11.6 Å². The molecule has 1 aromatic carbocycles.